The molecule has 0 saturated carbocycles. The summed E-state index contributed by atoms with van der Waals surface area (Å²) in [5.74, 6) is -0.106. The number of thioether (sulfide) groups is 1. The number of hydrogen-bond donors (Lipinski definition) is 1. The summed E-state index contributed by atoms with van der Waals surface area (Å²) in [6, 6.07) is 14.3. The molecule has 1 unspecified atom stereocenters. The molecule has 0 spiro atoms. The fourth-order valence-electron chi connectivity index (χ4n) is 2.76. The van der Waals surface area contributed by atoms with E-state index in [0.29, 0.717) is 27.5 Å². The molecule has 1 atom stereocenters. The molecular formula is C20H15N3O3S. The first-order valence-electron chi connectivity index (χ1n) is 8.30. The van der Waals surface area contributed by atoms with Crippen LogP contribution < -0.4 is 5.32 Å². The van der Waals surface area contributed by atoms with Crippen molar-refractivity contribution in [3.8, 4) is 0 Å². The fraction of sp³-hybridized carbons (Fsp3) is 0.100. The summed E-state index contributed by atoms with van der Waals surface area (Å²) in [6.45, 7) is 0. The van der Waals surface area contributed by atoms with Gasteiger partial charge >= 0.3 is 5.97 Å². The van der Waals surface area contributed by atoms with Gasteiger partial charge in [-0.1, -0.05) is 18.2 Å². The standard InChI is InChI=1S/C20H15N3O3S/c24-17(23-18-14-4-1-2-5-15(14)20(25)26-18)16-6-3-9-22-19(16)27-12-13-7-10-21-11-8-13/h1-11,18H,12H2,(H,23,24). The molecule has 0 aliphatic carbocycles. The van der Waals surface area contributed by atoms with Crippen molar-refractivity contribution in [3.05, 3.63) is 89.4 Å². The minimum absolute atomic E-state index is 0.338. The summed E-state index contributed by atoms with van der Waals surface area (Å²) < 4.78 is 5.29. The molecule has 1 amide bonds. The topological polar surface area (TPSA) is 81.2 Å². The van der Waals surface area contributed by atoms with Gasteiger partial charge in [0.2, 0.25) is 6.23 Å². The van der Waals surface area contributed by atoms with Crippen molar-refractivity contribution in [2.75, 3.05) is 0 Å². The van der Waals surface area contributed by atoms with Crippen molar-refractivity contribution in [2.45, 2.75) is 17.0 Å². The highest BCUT2D eigenvalue weighted by molar-refractivity contribution is 7.98. The lowest BCUT2D eigenvalue weighted by Crippen LogP contribution is -2.29. The van der Waals surface area contributed by atoms with E-state index in [9.17, 15) is 9.59 Å². The van der Waals surface area contributed by atoms with E-state index in [-0.39, 0.29) is 5.91 Å². The molecule has 27 heavy (non-hydrogen) atoms. The second kappa shape index (κ2) is 7.59. The van der Waals surface area contributed by atoms with Gasteiger partial charge < -0.3 is 10.1 Å². The Kier molecular flexibility index (Phi) is 4.84. The number of nitrogens with one attached hydrogen (secondary N) is 1. The molecule has 1 aliphatic rings. The van der Waals surface area contributed by atoms with E-state index in [2.05, 4.69) is 15.3 Å². The van der Waals surface area contributed by atoms with Crippen molar-refractivity contribution in [2.24, 2.45) is 0 Å². The number of carbonyl (C=O) groups excluding carboxylic acids is 2. The van der Waals surface area contributed by atoms with E-state index in [1.807, 2.05) is 12.1 Å². The molecule has 1 aliphatic heterocycles. The van der Waals surface area contributed by atoms with Crippen LogP contribution in [0.1, 0.15) is 38.1 Å². The zero-order valence-corrected chi connectivity index (χ0v) is 15.0. The number of esters is 1. The molecule has 3 heterocycles. The molecule has 7 heteroatoms. The number of fused-ring (bicyclic) bond motifs is 1. The number of benzene rings is 1. The van der Waals surface area contributed by atoms with Gasteiger partial charge in [-0.15, -0.1) is 11.8 Å². The number of hydrogen-bond acceptors (Lipinski definition) is 6. The molecule has 0 saturated heterocycles. The summed E-state index contributed by atoms with van der Waals surface area (Å²) >= 11 is 1.47. The van der Waals surface area contributed by atoms with Crippen LogP contribution in [0.2, 0.25) is 0 Å². The van der Waals surface area contributed by atoms with Crippen LogP contribution in [-0.4, -0.2) is 21.8 Å². The van der Waals surface area contributed by atoms with Crippen LogP contribution in [0.15, 0.2) is 72.1 Å². The van der Waals surface area contributed by atoms with E-state index < -0.39 is 12.2 Å². The largest absolute Gasteiger partial charge is 0.434 e. The third kappa shape index (κ3) is 3.68. The highest BCUT2D eigenvalue weighted by atomic mass is 32.2. The quantitative estimate of drug-likeness (QED) is 0.542. The van der Waals surface area contributed by atoms with Gasteiger partial charge in [0.05, 0.1) is 11.1 Å². The SMILES string of the molecule is O=C1OC(NC(=O)c2cccnc2SCc2ccncc2)c2ccccc21. The number of amides is 1. The lowest BCUT2D eigenvalue weighted by Gasteiger charge is -2.14. The van der Waals surface area contributed by atoms with Gasteiger partial charge in [-0.2, -0.15) is 0 Å². The van der Waals surface area contributed by atoms with Crippen molar-refractivity contribution in [1.82, 2.24) is 15.3 Å². The molecule has 1 N–H and O–H groups in total. The molecule has 4 rings (SSSR count). The number of aromatic nitrogens is 2. The molecule has 1 aromatic carbocycles. The Morgan fingerprint density at radius 1 is 1.07 bits per heavy atom. The van der Waals surface area contributed by atoms with Gasteiger partial charge in [-0.25, -0.2) is 9.78 Å². The van der Waals surface area contributed by atoms with E-state index in [0.717, 1.165) is 5.56 Å². The van der Waals surface area contributed by atoms with Crippen LogP contribution >= 0.6 is 11.8 Å². The third-order valence-corrected chi connectivity index (χ3v) is 5.17. The van der Waals surface area contributed by atoms with Crippen LogP contribution in [0.5, 0.6) is 0 Å². The average Bonchev–Trinajstić information content (AvgIpc) is 3.03. The first kappa shape index (κ1) is 17.2. The average molecular weight is 377 g/mol. The van der Waals surface area contributed by atoms with Crippen LogP contribution in [-0.2, 0) is 10.5 Å². The van der Waals surface area contributed by atoms with Gasteiger partial charge in [0.15, 0.2) is 0 Å². The maximum Gasteiger partial charge on any atom is 0.340 e. The van der Waals surface area contributed by atoms with E-state index in [4.69, 9.17) is 4.74 Å². The molecule has 0 fully saturated rings. The zero-order chi connectivity index (χ0) is 18.6. The maximum absolute atomic E-state index is 12.8. The second-order valence-electron chi connectivity index (χ2n) is 5.85. The second-order valence-corrected chi connectivity index (χ2v) is 6.81. The summed E-state index contributed by atoms with van der Waals surface area (Å²) in [6.07, 6.45) is 4.32. The smallest absolute Gasteiger partial charge is 0.340 e. The number of cyclic esters (lactones) is 1. The summed E-state index contributed by atoms with van der Waals surface area (Å²) in [7, 11) is 0. The number of ether oxygens (including phenoxy) is 1. The summed E-state index contributed by atoms with van der Waals surface area (Å²) in [4.78, 5) is 33.0. The normalized spacial score (nSPS) is 15.1. The molecule has 0 radical (unpaired) electrons. The Morgan fingerprint density at radius 3 is 2.74 bits per heavy atom. The Hall–Kier alpha value is -3.19. The Labute approximate surface area is 160 Å². The number of pyridine rings is 2. The zero-order valence-electron chi connectivity index (χ0n) is 14.2. The molecule has 2 aromatic heterocycles. The van der Waals surface area contributed by atoms with Gasteiger partial charge in [-0.3, -0.25) is 9.78 Å². The first-order chi connectivity index (χ1) is 13.2. The Morgan fingerprint density at radius 2 is 1.89 bits per heavy atom. The third-order valence-electron chi connectivity index (χ3n) is 4.09. The van der Waals surface area contributed by atoms with E-state index >= 15 is 0 Å². The van der Waals surface area contributed by atoms with Crippen molar-refractivity contribution < 1.29 is 14.3 Å². The predicted octanol–water partition coefficient (Wildman–Crippen LogP) is 3.37. The highest BCUT2D eigenvalue weighted by Gasteiger charge is 2.32. The van der Waals surface area contributed by atoms with Crippen molar-refractivity contribution >= 4 is 23.6 Å². The molecular weight excluding hydrogens is 362 g/mol. The fourth-order valence-corrected chi connectivity index (χ4v) is 3.71. The lowest BCUT2D eigenvalue weighted by molar-refractivity contribution is 0.0303. The van der Waals surface area contributed by atoms with Crippen molar-refractivity contribution in [1.29, 1.82) is 0 Å². The van der Waals surface area contributed by atoms with Crippen LogP contribution in [0, 0.1) is 0 Å². The van der Waals surface area contributed by atoms with Crippen molar-refractivity contribution in [3.63, 3.8) is 0 Å². The predicted molar refractivity (Wildman–Crippen MR) is 100 cm³/mol. The molecule has 3 aromatic rings. The van der Waals surface area contributed by atoms with Crippen LogP contribution in [0.3, 0.4) is 0 Å². The maximum atomic E-state index is 12.8. The number of rotatable bonds is 5. The molecule has 134 valence electrons. The van der Waals surface area contributed by atoms with E-state index in [1.165, 1.54) is 11.8 Å². The Bertz CT molecular complexity index is 995. The minimum Gasteiger partial charge on any atom is -0.434 e. The Balaban J connectivity index is 1.51. The van der Waals surface area contributed by atoms with Gasteiger partial charge in [-0.05, 0) is 35.9 Å². The monoisotopic (exact) mass is 377 g/mol. The molecule has 0 bridgehead atoms. The van der Waals surface area contributed by atoms with Gasteiger partial charge in [0, 0.05) is 29.9 Å². The summed E-state index contributed by atoms with van der Waals surface area (Å²) in [5, 5.41) is 3.39. The first-order valence-corrected chi connectivity index (χ1v) is 9.28. The molecule has 6 nitrogen and oxygen atoms in total. The number of nitrogens with zero attached hydrogens (tertiary/aromatic N) is 2. The van der Waals surface area contributed by atoms with Crippen LogP contribution in [0.25, 0.3) is 0 Å². The lowest BCUT2D eigenvalue weighted by atomic mass is 10.1. The minimum atomic E-state index is -0.792. The van der Waals surface area contributed by atoms with Crippen LogP contribution in [0.4, 0.5) is 0 Å². The number of carbonyl (C=O) groups is 2. The highest BCUT2D eigenvalue weighted by Crippen LogP contribution is 2.29. The van der Waals surface area contributed by atoms with E-state index in [1.54, 1.807) is 55.0 Å². The van der Waals surface area contributed by atoms with Gasteiger partial charge in [0.25, 0.3) is 5.91 Å². The summed E-state index contributed by atoms with van der Waals surface area (Å²) in [5.41, 5.74) is 2.66. The van der Waals surface area contributed by atoms with Gasteiger partial charge in [0.1, 0.15) is 5.03 Å².